The topological polar surface area (TPSA) is 33.0 Å². The zero-order chi connectivity index (χ0) is 8.24. The van der Waals surface area contributed by atoms with E-state index in [1.54, 1.807) is 6.07 Å². The van der Waals surface area contributed by atoms with Gasteiger partial charge in [-0.1, -0.05) is 13.8 Å². The van der Waals surface area contributed by atoms with Gasteiger partial charge in [-0.3, -0.25) is 0 Å². The predicted molar refractivity (Wildman–Crippen MR) is 42.7 cm³/mol. The van der Waals surface area contributed by atoms with Gasteiger partial charge in [-0.2, -0.15) is 5.26 Å². The third-order valence-corrected chi connectivity index (χ3v) is 0.697. The highest BCUT2D eigenvalue weighted by atomic mass is 16.5. The summed E-state index contributed by atoms with van der Waals surface area (Å²) in [6, 6.07) is 1.75. The summed E-state index contributed by atoms with van der Waals surface area (Å²) in [6.45, 7) is 7.52. The molecule has 0 N–H and O–H groups in total. The van der Waals surface area contributed by atoms with Crippen LogP contribution in [0.15, 0.2) is 0 Å². The van der Waals surface area contributed by atoms with E-state index in [1.807, 2.05) is 0 Å². The maximum absolute atomic E-state index is 7.32. The molecule has 0 bridgehead atoms. The van der Waals surface area contributed by atoms with Crippen LogP contribution in [0, 0.1) is 11.3 Å². The van der Waals surface area contributed by atoms with Crippen LogP contribution in [0.25, 0.3) is 0 Å². The summed E-state index contributed by atoms with van der Waals surface area (Å²) in [7, 11) is 0. The number of nitrogens with zero attached hydrogens (tertiary/aromatic N) is 1. The SMILES string of the molecule is CC#N.CCCOCCC. The summed E-state index contributed by atoms with van der Waals surface area (Å²) in [4.78, 5) is 0. The molecular formula is C8H17NO. The summed E-state index contributed by atoms with van der Waals surface area (Å²) in [6.07, 6.45) is 2.28. The van der Waals surface area contributed by atoms with Crippen LogP contribution in [0.4, 0.5) is 0 Å². The van der Waals surface area contributed by atoms with E-state index >= 15 is 0 Å². The minimum absolute atomic E-state index is 0.924. The first kappa shape index (κ1) is 12.2. The quantitative estimate of drug-likeness (QED) is 0.566. The highest BCUT2D eigenvalue weighted by Crippen LogP contribution is 1.81. The van der Waals surface area contributed by atoms with Crippen LogP contribution < -0.4 is 0 Å². The molecule has 0 aromatic carbocycles. The fourth-order valence-corrected chi connectivity index (χ4v) is 0.391. The van der Waals surface area contributed by atoms with Gasteiger partial charge in [0.15, 0.2) is 0 Å². The second-order valence-electron chi connectivity index (χ2n) is 1.84. The van der Waals surface area contributed by atoms with E-state index in [4.69, 9.17) is 10.00 Å². The van der Waals surface area contributed by atoms with E-state index in [9.17, 15) is 0 Å². The van der Waals surface area contributed by atoms with Crippen molar-refractivity contribution in [3.05, 3.63) is 0 Å². The van der Waals surface area contributed by atoms with E-state index in [2.05, 4.69) is 13.8 Å². The number of hydrogen-bond acceptors (Lipinski definition) is 2. The van der Waals surface area contributed by atoms with Gasteiger partial charge in [0.25, 0.3) is 0 Å². The van der Waals surface area contributed by atoms with Crippen LogP contribution in [0.2, 0.25) is 0 Å². The fourth-order valence-electron chi connectivity index (χ4n) is 0.391. The van der Waals surface area contributed by atoms with Crippen LogP contribution in [-0.2, 0) is 4.74 Å². The minimum atomic E-state index is 0.924. The highest BCUT2D eigenvalue weighted by molar-refractivity contribution is 4.51. The molecular weight excluding hydrogens is 126 g/mol. The number of rotatable bonds is 4. The van der Waals surface area contributed by atoms with Gasteiger partial charge in [-0.05, 0) is 12.8 Å². The molecule has 2 nitrogen and oxygen atoms in total. The molecule has 0 unspecified atom stereocenters. The molecule has 0 saturated carbocycles. The lowest BCUT2D eigenvalue weighted by molar-refractivity contribution is 0.135. The standard InChI is InChI=1S/C6H14O.C2H3N/c1-3-5-7-6-4-2;1-2-3/h3-6H2,1-2H3;1H3. The Balaban J connectivity index is 0. The Morgan fingerprint density at radius 3 is 1.70 bits per heavy atom. The molecule has 0 aliphatic rings. The summed E-state index contributed by atoms with van der Waals surface area (Å²) < 4.78 is 5.13. The third-order valence-electron chi connectivity index (χ3n) is 0.697. The van der Waals surface area contributed by atoms with Crippen molar-refractivity contribution in [3.8, 4) is 6.07 Å². The Hall–Kier alpha value is -0.550. The fraction of sp³-hybridized carbons (Fsp3) is 0.875. The average Bonchev–Trinajstić information content (AvgIpc) is 1.91. The first-order chi connectivity index (χ1) is 4.83. The number of nitriles is 1. The Morgan fingerprint density at radius 2 is 1.50 bits per heavy atom. The first-order valence-electron chi connectivity index (χ1n) is 3.72. The smallest absolute Gasteiger partial charge is 0.0587 e. The van der Waals surface area contributed by atoms with E-state index in [0.29, 0.717) is 0 Å². The van der Waals surface area contributed by atoms with Crippen molar-refractivity contribution in [1.29, 1.82) is 5.26 Å². The van der Waals surface area contributed by atoms with Crippen molar-refractivity contribution in [2.45, 2.75) is 33.6 Å². The van der Waals surface area contributed by atoms with Crippen LogP contribution >= 0.6 is 0 Å². The van der Waals surface area contributed by atoms with Gasteiger partial charge in [0.1, 0.15) is 0 Å². The van der Waals surface area contributed by atoms with Crippen LogP contribution in [0.5, 0.6) is 0 Å². The zero-order valence-corrected chi connectivity index (χ0v) is 7.18. The molecule has 0 heterocycles. The summed E-state index contributed by atoms with van der Waals surface area (Å²) in [5.41, 5.74) is 0. The van der Waals surface area contributed by atoms with Gasteiger partial charge in [0, 0.05) is 20.1 Å². The molecule has 0 saturated heterocycles. The van der Waals surface area contributed by atoms with Crippen molar-refractivity contribution in [2.75, 3.05) is 13.2 Å². The Morgan fingerprint density at radius 1 is 1.20 bits per heavy atom. The molecule has 0 fully saturated rings. The Bertz CT molecular complexity index is 71.8. The van der Waals surface area contributed by atoms with Gasteiger partial charge in [-0.25, -0.2) is 0 Å². The molecule has 0 aromatic rings. The van der Waals surface area contributed by atoms with Gasteiger partial charge >= 0.3 is 0 Å². The van der Waals surface area contributed by atoms with E-state index in [1.165, 1.54) is 6.92 Å². The normalized spacial score (nSPS) is 7.40. The van der Waals surface area contributed by atoms with Crippen molar-refractivity contribution >= 4 is 0 Å². The van der Waals surface area contributed by atoms with Crippen molar-refractivity contribution in [1.82, 2.24) is 0 Å². The molecule has 10 heavy (non-hydrogen) atoms. The second kappa shape index (κ2) is 15.8. The summed E-state index contributed by atoms with van der Waals surface area (Å²) in [5.74, 6) is 0. The van der Waals surface area contributed by atoms with Gasteiger partial charge in [0.2, 0.25) is 0 Å². The first-order valence-corrected chi connectivity index (χ1v) is 3.72. The summed E-state index contributed by atoms with van der Waals surface area (Å²) in [5, 5.41) is 7.32. The van der Waals surface area contributed by atoms with Crippen LogP contribution in [-0.4, -0.2) is 13.2 Å². The van der Waals surface area contributed by atoms with Crippen molar-refractivity contribution < 1.29 is 4.74 Å². The lowest BCUT2D eigenvalue weighted by Gasteiger charge is -1.95. The van der Waals surface area contributed by atoms with E-state index in [0.717, 1.165) is 26.1 Å². The molecule has 0 rings (SSSR count). The van der Waals surface area contributed by atoms with Gasteiger partial charge in [-0.15, -0.1) is 0 Å². The molecule has 60 valence electrons. The Labute approximate surface area is 63.8 Å². The molecule has 0 aromatic heterocycles. The largest absolute Gasteiger partial charge is 0.381 e. The molecule has 0 aliphatic heterocycles. The zero-order valence-electron chi connectivity index (χ0n) is 7.18. The second-order valence-corrected chi connectivity index (χ2v) is 1.84. The average molecular weight is 143 g/mol. The Kier molecular flexibility index (Phi) is 19.2. The van der Waals surface area contributed by atoms with E-state index < -0.39 is 0 Å². The lowest BCUT2D eigenvalue weighted by Crippen LogP contribution is -1.92. The minimum Gasteiger partial charge on any atom is -0.381 e. The monoisotopic (exact) mass is 143 g/mol. The molecule has 0 spiro atoms. The maximum atomic E-state index is 7.32. The third kappa shape index (κ3) is 26.0. The molecule has 0 amide bonds. The van der Waals surface area contributed by atoms with Gasteiger partial charge in [0.05, 0.1) is 6.07 Å². The molecule has 0 aliphatic carbocycles. The molecule has 0 radical (unpaired) electrons. The van der Waals surface area contributed by atoms with Crippen molar-refractivity contribution in [3.63, 3.8) is 0 Å². The van der Waals surface area contributed by atoms with Crippen LogP contribution in [0.1, 0.15) is 33.6 Å². The molecule has 2 heteroatoms. The number of hydrogen-bond donors (Lipinski definition) is 0. The molecule has 0 atom stereocenters. The summed E-state index contributed by atoms with van der Waals surface area (Å²) >= 11 is 0. The highest BCUT2D eigenvalue weighted by Gasteiger charge is 1.77. The van der Waals surface area contributed by atoms with Crippen molar-refractivity contribution in [2.24, 2.45) is 0 Å². The predicted octanol–water partition coefficient (Wildman–Crippen LogP) is 2.35. The van der Waals surface area contributed by atoms with E-state index in [-0.39, 0.29) is 0 Å². The lowest BCUT2D eigenvalue weighted by atomic mass is 10.5. The van der Waals surface area contributed by atoms with Crippen LogP contribution in [0.3, 0.4) is 0 Å². The maximum Gasteiger partial charge on any atom is 0.0587 e. The number of ether oxygens (including phenoxy) is 1. The van der Waals surface area contributed by atoms with Gasteiger partial charge < -0.3 is 4.74 Å².